The Balaban J connectivity index is 1.82. The topological polar surface area (TPSA) is 63.8 Å². The molecule has 0 spiro atoms. The van der Waals surface area contributed by atoms with E-state index in [1.165, 1.54) is 10.7 Å². The van der Waals surface area contributed by atoms with Crippen molar-refractivity contribution in [2.24, 2.45) is 0 Å². The van der Waals surface area contributed by atoms with Crippen molar-refractivity contribution in [3.05, 3.63) is 70.0 Å². The molecule has 5 nitrogen and oxygen atoms in total. The van der Waals surface area contributed by atoms with Gasteiger partial charge < -0.3 is 4.42 Å². The number of para-hydroxylation sites is 2. The van der Waals surface area contributed by atoms with Crippen LogP contribution in [-0.2, 0) is 0 Å². The Morgan fingerprint density at radius 2 is 1.86 bits per heavy atom. The van der Waals surface area contributed by atoms with Gasteiger partial charge in [-0.25, -0.2) is 0 Å². The highest BCUT2D eigenvalue weighted by molar-refractivity contribution is 6.30. The number of aromatic nitrogens is 3. The molecule has 4 aromatic rings. The van der Waals surface area contributed by atoms with E-state index in [0.717, 1.165) is 5.56 Å². The second kappa shape index (κ2) is 4.89. The van der Waals surface area contributed by atoms with Gasteiger partial charge in [-0.15, -0.1) is 0 Å². The van der Waals surface area contributed by atoms with Crippen molar-refractivity contribution in [1.82, 2.24) is 14.8 Å². The minimum Gasteiger partial charge on any atom is -0.422 e. The maximum atomic E-state index is 12.2. The summed E-state index contributed by atoms with van der Waals surface area (Å²) in [4.78, 5) is 16.5. The maximum absolute atomic E-state index is 12.2. The van der Waals surface area contributed by atoms with E-state index in [4.69, 9.17) is 16.0 Å². The summed E-state index contributed by atoms with van der Waals surface area (Å²) in [5, 5.41) is 3.64. The van der Waals surface area contributed by atoms with Gasteiger partial charge in [0.05, 0.1) is 5.69 Å². The van der Waals surface area contributed by atoms with Gasteiger partial charge in [-0.05, 0) is 29.8 Å². The highest BCUT2D eigenvalue weighted by atomic mass is 35.5. The Morgan fingerprint density at radius 1 is 1.09 bits per heavy atom. The summed E-state index contributed by atoms with van der Waals surface area (Å²) in [7, 11) is 0. The first-order valence-electron chi connectivity index (χ1n) is 6.65. The van der Waals surface area contributed by atoms with Gasteiger partial charge in [0, 0.05) is 11.1 Å². The number of nitrogens with zero attached hydrogens (tertiary/aromatic N) is 2. The molecule has 0 bridgehead atoms. The fraction of sp³-hybridized carbons (Fsp3) is 0. The van der Waals surface area contributed by atoms with Crippen LogP contribution in [0.5, 0.6) is 0 Å². The molecule has 0 aliphatic heterocycles. The smallest absolute Gasteiger partial charge is 0.325 e. The first-order valence-corrected chi connectivity index (χ1v) is 7.02. The van der Waals surface area contributed by atoms with Crippen LogP contribution in [0.3, 0.4) is 0 Å². The number of oxazole rings is 1. The molecule has 1 N–H and O–H groups in total. The van der Waals surface area contributed by atoms with E-state index < -0.39 is 0 Å². The molecular formula is C16H10ClN3O2. The zero-order chi connectivity index (χ0) is 15.1. The van der Waals surface area contributed by atoms with Gasteiger partial charge in [-0.2, -0.15) is 9.67 Å². The molecule has 0 radical (unpaired) electrons. The fourth-order valence-electron chi connectivity index (χ4n) is 2.27. The second-order valence-electron chi connectivity index (χ2n) is 4.81. The lowest BCUT2D eigenvalue weighted by Crippen LogP contribution is -2.13. The SMILES string of the molecule is O=c1cc(-c2ccc(Cl)cc2)[nH]n1-c1nc2ccccc2o1. The van der Waals surface area contributed by atoms with Gasteiger partial charge >= 0.3 is 6.01 Å². The second-order valence-corrected chi connectivity index (χ2v) is 5.25. The zero-order valence-electron chi connectivity index (χ0n) is 11.3. The van der Waals surface area contributed by atoms with Gasteiger partial charge in [0.2, 0.25) is 0 Å². The number of hydrogen-bond acceptors (Lipinski definition) is 3. The van der Waals surface area contributed by atoms with Crippen molar-refractivity contribution in [2.75, 3.05) is 0 Å². The summed E-state index contributed by atoms with van der Waals surface area (Å²) < 4.78 is 6.88. The number of aromatic amines is 1. The standard InChI is InChI=1S/C16H10ClN3O2/c17-11-7-5-10(6-8-11)13-9-15(21)20(19-13)16-18-12-3-1-2-4-14(12)22-16/h1-9,19H. The monoisotopic (exact) mass is 311 g/mol. The van der Waals surface area contributed by atoms with Crippen LogP contribution in [0.2, 0.25) is 5.02 Å². The number of benzene rings is 2. The van der Waals surface area contributed by atoms with Crippen LogP contribution in [0.25, 0.3) is 28.4 Å². The van der Waals surface area contributed by atoms with E-state index in [0.29, 0.717) is 21.8 Å². The van der Waals surface area contributed by atoms with Crippen molar-refractivity contribution in [3.63, 3.8) is 0 Å². The lowest BCUT2D eigenvalue weighted by Gasteiger charge is -1.98. The van der Waals surface area contributed by atoms with Crippen molar-refractivity contribution in [2.45, 2.75) is 0 Å². The molecule has 6 heteroatoms. The number of nitrogens with one attached hydrogen (secondary N) is 1. The molecule has 0 fully saturated rings. The van der Waals surface area contributed by atoms with E-state index in [-0.39, 0.29) is 11.6 Å². The Bertz CT molecular complexity index is 979. The minimum atomic E-state index is -0.239. The summed E-state index contributed by atoms with van der Waals surface area (Å²) in [6, 6.07) is 16.3. The summed E-state index contributed by atoms with van der Waals surface area (Å²) in [6.07, 6.45) is 0. The van der Waals surface area contributed by atoms with Crippen LogP contribution >= 0.6 is 11.6 Å². The van der Waals surface area contributed by atoms with Gasteiger partial charge in [0.15, 0.2) is 5.58 Å². The third-order valence-electron chi connectivity index (χ3n) is 3.35. The van der Waals surface area contributed by atoms with E-state index >= 15 is 0 Å². The lowest BCUT2D eigenvalue weighted by molar-refractivity contribution is 0.538. The number of halogens is 1. The first kappa shape index (κ1) is 12.9. The molecule has 2 aromatic carbocycles. The Labute approximate surface area is 129 Å². The molecule has 2 aromatic heterocycles. The number of fused-ring (bicyclic) bond motifs is 1. The van der Waals surface area contributed by atoms with Crippen LogP contribution in [-0.4, -0.2) is 14.8 Å². The summed E-state index contributed by atoms with van der Waals surface area (Å²) in [5.74, 6) is 0. The van der Waals surface area contributed by atoms with Gasteiger partial charge in [0.25, 0.3) is 5.56 Å². The van der Waals surface area contributed by atoms with Crippen LogP contribution in [0.4, 0.5) is 0 Å². The molecule has 0 atom stereocenters. The van der Waals surface area contributed by atoms with Gasteiger partial charge in [-0.1, -0.05) is 35.9 Å². The molecule has 0 aliphatic carbocycles. The number of H-pyrrole nitrogens is 1. The Hall–Kier alpha value is -2.79. The van der Waals surface area contributed by atoms with E-state index in [1.807, 2.05) is 30.3 Å². The highest BCUT2D eigenvalue weighted by Crippen LogP contribution is 2.20. The van der Waals surface area contributed by atoms with Crippen LogP contribution in [0.1, 0.15) is 0 Å². The van der Waals surface area contributed by atoms with Crippen LogP contribution in [0.15, 0.2) is 63.8 Å². The molecule has 0 aliphatic rings. The third kappa shape index (κ3) is 2.12. The van der Waals surface area contributed by atoms with Crippen LogP contribution < -0.4 is 5.56 Å². The van der Waals surface area contributed by atoms with Crippen molar-refractivity contribution < 1.29 is 4.42 Å². The van der Waals surface area contributed by atoms with Crippen LogP contribution in [0, 0.1) is 0 Å². The molecule has 4 rings (SSSR count). The number of rotatable bonds is 2. The summed E-state index contributed by atoms with van der Waals surface area (Å²) in [6.45, 7) is 0. The predicted octanol–water partition coefficient (Wildman–Crippen LogP) is 3.63. The minimum absolute atomic E-state index is 0.214. The molecule has 0 amide bonds. The molecule has 0 unspecified atom stereocenters. The Kier molecular flexibility index (Phi) is 2.87. The van der Waals surface area contributed by atoms with E-state index in [2.05, 4.69) is 10.1 Å². The average Bonchev–Trinajstić information content (AvgIpc) is 3.11. The van der Waals surface area contributed by atoms with Crippen molar-refractivity contribution in [1.29, 1.82) is 0 Å². The number of hydrogen-bond donors (Lipinski definition) is 1. The molecular weight excluding hydrogens is 302 g/mol. The predicted molar refractivity (Wildman–Crippen MR) is 84.4 cm³/mol. The van der Waals surface area contributed by atoms with E-state index in [9.17, 15) is 4.79 Å². The highest BCUT2D eigenvalue weighted by Gasteiger charge is 2.12. The van der Waals surface area contributed by atoms with Crippen molar-refractivity contribution >= 4 is 22.7 Å². The first-order chi connectivity index (χ1) is 10.7. The Morgan fingerprint density at radius 3 is 2.64 bits per heavy atom. The molecule has 0 saturated carbocycles. The average molecular weight is 312 g/mol. The maximum Gasteiger partial charge on any atom is 0.325 e. The zero-order valence-corrected chi connectivity index (χ0v) is 12.0. The molecule has 0 saturated heterocycles. The fourth-order valence-corrected chi connectivity index (χ4v) is 2.40. The van der Waals surface area contributed by atoms with Crippen molar-refractivity contribution in [3.8, 4) is 17.3 Å². The summed E-state index contributed by atoms with van der Waals surface area (Å²) in [5.41, 5.74) is 2.62. The third-order valence-corrected chi connectivity index (χ3v) is 3.60. The normalized spacial score (nSPS) is 11.1. The van der Waals surface area contributed by atoms with E-state index in [1.54, 1.807) is 18.2 Å². The largest absolute Gasteiger partial charge is 0.422 e. The van der Waals surface area contributed by atoms with Gasteiger partial charge in [-0.3, -0.25) is 9.89 Å². The molecule has 2 heterocycles. The lowest BCUT2D eigenvalue weighted by atomic mass is 10.2. The molecule has 108 valence electrons. The molecule has 22 heavy (non-hydrogen) atoms. The van der Waals surface area contributed by atoms with Gasteiger partial charge in [0.1, 0.15) is 5.52 Å². The summed E-state index contributed by atoms with van der Waals surface area (Å²) >= 11 is 5.87. The quantitative estimate of drug-likeness (QED) is 0.615.